The molecule has 1 aromatic rings. The van der Waals surface area contributed by atoms with E-state index >= 15 is 0 Å². The van der Waals surface area contributed by atoms with Crippen LogP contribution in [0.25, 0.3) is 0 Å². The van der Waals surface area contributed by atoms with Crippen LogP contribution in [0, 0.1) is 6.07 Å². The molecule has 0 aromatic heterocycles. The SMILES string of the molecule is CCCCSc1[c]cccc1. The zero-order chi connectivity index (χ0) is 7.94. The van der Waals surface area contributed by atoms with Crippen LogP contribution >= 0.6 is 11.8 Å². The van der Waals surface area contributed by atoms with E-state index in [4.69, 9.17) is 0 Å². The summed E-state index contributed by atoms with van der Waals surface area (Å²) in [6.45, 7) is 2.22. The molecule has 1 aromatic carbocycles. The minimum absolute atomic E-state index is 1.22. The number of thioether (sulfide) groups is 1. The molecule has 0 spiro atoms. The van der Waals surface area contributed by atoms with E-state index in [2.05, 4.69) is 25.1 Å². The Balaban J connectivity index is 2.28. The predicted octanol–water partition coefficient (Wildman–Crippen LogP) is 3.38. The normalized spacial score (nSPS) is 9.91. The maximum absolute atomic E-state index is 3.19. The maximum Gasteiger partial charge on any atom is 0.0151 e. The lowest BCUT2D eigenvalue weighted by Crippen LogP contribution is -1.77. The average molecular weight is 165 g/mol. The highest BCUT2D eigenvalue weighted by molar-refractivity contribution is 7.99. The molecule has 59 valence electrons. The van der Waals surface area contributed by atoms with Crippen molar-refractivity contribution in [1.29, 1.82) is 0 Å². The smallest absolute Gasteiger partial charge is 0.0151 e. The fourth-order valence-electron chi connectivity index (χ4n) is 0.793. The van der Waals surface area contributed by atoms with Crippen molar-refractivity contribution in [1.82, 2.24) is 0 Å². The van der Waals surface area contributed by atoms with E-state index in [-0.39, 0.29) is 0 Å². The summed E-state index contributed by atoms with van der Waals surface area (Å²) in [5.74, 6) is 1.22. The molecule has 0 bridgehead atoms. The molecule has 0 saturated heterocycles. The Labute approximate surface area is 73.0 Å². The van der Waals surface area contributed by atoms with Gasteiger partial charge in [0.05, 0.1) is 0 Å². The van der Waals surface area contributed by atoms with Crippen LogP contribution in [0.4, 0.5) is 0 Å². The number of hydrogen-bond donors (Lipinski definition) is 0. The van der Waals surface area contributed by atoms with Gasteiger partial charge in [0.2, 0.25) is 0 Å². The highest BCUT2D eigenvalue weighted by Crippen LogP contribution is 2.17. The van der Waals surface area contributed by atoms with Crippen molar-refractivity contribution >= 4 is 11.8 Å². The number of unbranched alkanes of at least 4 members (excludes halogenated alkanes) is 1. The molecule has 1 rings (SSSR count). The summed E-state index contributed by atoms with van der Waals surface area (Å²) < 4.78 is 0. The number of hydrogen-bond acceptors (Lipinski definition) is 1. The molecule has 0 aliphatic carbocycles. The van der Waals surface area contributed by atoms with E-state index in [0.29, 0.717) is 0 Å². The third kappa shape index (κ3) is 3.47. The lowest BCUT2D eigenvalue weighted by molar-refractivity contribution is 0.896. The van der Waals surface area contributed by atoms with Crippen LogP contribution in [0.2, 0.25) is 0 Å². The lowest BCUT2D eigenvalue weighted by Gasteiger charge is -1.97. The zero-order valence-electron chi connectivity index (χ0n) is 6.84. The number of rotatable bonds is 4. The molecular weight excluding hydrogens is 152 g/mol. The van der Waals surface area contributed by atoms with Gasteiger partial charge in [0.1, 0.15) is 0 Å². The van der Waals surface area contributed by atoms with Crippen LogP contribution in [0.15, 0.2) is 29.2 Å². The molecule has 0 heterocycles. The Morgan fingerprint density at radius 3 is 3.00 bits per heavy atom. The van der Waals surface area contributed by atoms with Gasteiger partial charge in [0, 0.05) is 4.90 Å². The average Bonchev–Trinajstić information content (AvgIpc) is 2.07. The number of benzene rings is 1. The molecule has 0 fully saturated rings. The van der Waals surface area contributed by atoms with Gasteiger partial charge in [-0.05, 0) is 24.3 Å². The van der Waals surface area contributed by atoms with Crippen LogP contribution in [-0.2, 0) is 0 Å². The monoisotopic (exact) mass is 165 g/mol. The fourth-order valence-corrected chi connectivity index (χ4v) is 1.77. The van der Waals surface area contributed by atoms with E-state index in [0.717, 1.165) is 0 Å². The molecule has 0 N–H and O–H groups in total. The minimum atomic E-state index is 1.22. The largest absolute Gasteiger partial charge is 0.126 e. The first-order chi connectivity index (χ1) is 5.43. The lowest BCUT2D eigenvalue weighted by atomic mass is 10.4. The van der Waals surface area contributed by atoms with Crippen LogP contribution < -0.4 is 0 Å². The van der Waals surface area contributed by atoms with E-state index < -0.39 is 0 Å². The van der Waals surface area contributed by atoms with Crippen LogP contribution in [-0.4, -0.2) is 5.75 Å². The molecule has 0 aliphatic heterocycles. The molecule has 0 atom stereocenters. The summed E-state index contributed by atoms with van der Waals surface area (Å²) in [7, 11) is 0. The van der Waals surface area contributed by atoms with Gasteiger partial charge in [-0.25, -0.2) is 0 Å². The minimum Gasteiger partial charge on any atom is -0.126 e. The van der Waals surface area contributed by atoms with Crippen molar-refractivity contribution in [2.75, 3.05) is 5.75 Å². The second kappa shape index (κ2) is 5.25. The van der Waals surface area contributed by atoms with Gasteiger partial charge in [-0.3, -0.25) is 0 Å². The maximum atomic E-state index is 3.19. The highest BCUT2D eigenvalue weighted by atomic mass is 32.2. The Kier molecular flexibility index (Phi) is 4.14. The summed E-state index contributed by atoms with van der Waals surface area (Å²) >= 11 is 1.89. The summed E-state index contributed by atoms with van der Waals surface area (Å²) in [6.07, 6.45) is 2.58. The fraction of sp³-hybridized carbons (Fsp3) is 0.400. The van der Waals surface area contributed by atoms with Crippen molar-refractivity contribution in [3.8, 4) is 0 Å². The van der Waals surface area contributed by atoms with Crippen molar-refractivity contribution in [3.05, 3.63) is 30.3 Å². The van der Waals surface area contributed by atoms with Gasteiger partial charge in [0.15, 0.2) is 0 Å². The van der Waals surface area contributed by atoms with Crippen LogP contribution in [0.1, 0.15) is 19.8 Å². The molecule has 0 unspecified atom stereocenters. The Morgan fingerprint density at radius 2 is 2.36 bits per heavy atom. The Morgan fingerprint density at radius 1 is 1.45 bits per heavy atom. The van der Waals surface area contributed by atoms with Crippen molar-refractivity contribution in [3.63, 3.8) is 0 Å². The predicted molar refractivity (Wildman–Crippen MR) is 50.9 cm³/mol. The third-order valence-electron chi connectivity index (χ3n) is 1.44. The van der Waals surface area contributed by atoms with Crippen molar-refractivity contribution in [2.24, 2.45) is 0 Å². The van der Waals surface area contributed by atoms with Gasteiger partial charge >= 0.3 is 0 Å². The van der Waals surface area contributed by atoms with E-state index in [1.165, 1.54) is 23.5 Å². The topological polar surface area (TPSA) is 0 Å². The zero-order valence-corrected chi connectivity index (χ0v) is 7.66. The van der Waals surface area contributed by atoms with Crippen LogP contribution in [0.3, 0.4) is 0 Å². The summed E-state index contributed by atoms with van der Waals surface area (Å²) in [5, 5.41) is 0. The van der Waals surface area contributed by atoms with Crippen molar-refractivity contribution in [2.45, 2.75) is 24.7 Å². The molecular formula is C10H13S. The first-order valence-corrected chi connectivity index (χ1v) is 5.01. The third-order valence-corrected chi connectivity index (χ3v) is 2.49. The molecule has 0 nitrogen and oxygen atoms in total. The standard InChI is InChI=1S/C10H13S/c1-2-3-9-11-10-7-5-4-6-8-10/h4-7H,2-3,9H2,1H3. The Hall–Kier alpha value is -0.430. The van der Waals surface area contributed by atoms with Gasteiger partial charge in [-0.2, -0.15) is 0 Å². The molecule has 1 heteroatoms. The molecule has 0 amide bonds. The molecule has 11 heavy (non-hydrogen) atoms. The molecule has 1 radical (unpaired) electrons. The van der Waals surface area contributed by atoms with E-state index in [1.807, 2.05) is 23.9 Å². The van der Waals surface area contributed by atoms with Crippen LogP contribution in [0.5, 0.6) is 0 Å². The summed E-state index contributed by atoms with van der Waals surface area (Å²) in [4.78, 5) is 1.26. The van der Waals surface area contributed by atoms with Gasteiger partial charge in [-0.15, -0.1) is 11.8 Å². The van der Waals surface area contributed by atoms with Gasteiger partial charge in [0.25, 0.3) is 0 Å². The first kappa shape index (κ1) is 8.66. The summed E-state index contributed by atoms with van der Waals surface area (Å²) in [5.41, 5.74) is 0. The molecule has 0 saturated carbocycles. The highest BCUT2D eigenvalue weighted by Gasteiger charge is 1.90. The first-order valence-electron chi connectivity index (χ1n) is 4.03. The van der Waals surface area contributed by atoms with Gasteiger partial charge in [-0.1, -0.05) is 31.5 Å². The van der Waals surface area contributed by atoms with Gasteiger partial charge < -0.3 is 0 Å². The second-order valence-corrected chi connectivity index (χ2v) is 3.57. The van der Waals surface area contributed by atoms with Crippen molar-refractivity contribution < 1.29 is 0 Å². The Bertz CT molecular complexity index is 181. The second-order valence-electron chi connectivity index (χ2n) is 2.43. The quantitative estimate of drug-likeness (QED) is 0.487. The van der Waals surface area contributed by atoms with E-state index in [9.17, 15) is 0 Å². The summed E-state index contributed by atoms with van der Waals surface area (Å²) in [6, 6.07) is 11.3. The van der Waals surface area contributed by atoms with E-state index in [1.54, 1.807) is 0 Å². The molecule has 0 aliphatic rings.